The van der Waals surface area contributed by atoms with Crippen LogP contribution in [-0.2, 0) is 6.42 Å². The zero-order valence-corrected chi connectivity index (χ0v) is 18.6. The highest BCUT2D eigenvalue weighted by molar-refractivity contribution is 6.03. The van der Waals surface area contributed by atoms with E-state index in [0.717, 1.165) is 29.7 Å². The lowest BCUT2D eigenvalue weighted by Crippen LogP contribution is -2.21. The number of ketones is 1. The number of fused-ring (bicyclic) bond motifs is 1. The number of phenols is 2. The minimum Gasteiger partial charge on any atom is -0.507 e. The first kappa shape index (κ1) is 22.5. The molecule has 1 aliphatic heterocycles. The number of carbonyl (C=O) groups is 1. The van der Waals surface area contributed by atoms with Gasteiger partial charge in [-0.3, -0.25) is 4.79 Å². The Morgan fingerprint density at radius 2 is 1.87 bits per heavy atom. The van der Waals surface area contributed by atoms with Crippen molar-refractivity contribution >= 4 is 5.78 Å². The molecule has 0 amide bonds. The Morgan fingerprint density at radius 1 is 1.16 bits per heavy atom. The lowest BCUT2D eigenvalue weighted by Gasteiger charge is -2.27. The van der Waals surface area contributed by atoms with E-state index in [-0.39, 0.29) is 35.0 Å². The highest BCUT2D eigenvalue weighted by atomic mass is 16.5. The van der Waals surface area contributed by atoms with Crippen LogP contribution in [0.5, 0.6) is 23.0 Å². The maximum Gasteiger partial charge on any atom is 0.174 e. The van der Waals surface area contributed by atoms with Gasteiger partial charge in [-0.15, -0.1) is 0 Å². The van der Waals surface area contributed by atoms with Crippen LogP contribution in [0, 0.1) is 0 Å². The fourth-order valence-corrected chi connectivity index (χ4v) is 3.67. The number of hydrogen-bond donors (Lipinski definition) is 2. The second-order valence-electron chi connectivity index (χ2n) is 8.18. The van der Waals surface area contributed by atoms with Gasteiger partial charge in [0.1, 0.15) is 34.7 Å². The molecule has 0 aliphatic carbocycles. The third-order valence-electron chi connectivity index (χ3n) is 5.50. The van der Waals surface area contributed by atoms with E-state index in [9.17, 15) is 15.0 Å². The monoisotopic (exact) mass is 422 g/mol. The van der Waals surface area contributed by atoms with E-state index in [1.165, 1.54) is 11.6 Å². The summed E-state index contributed by atoms with van der Waals surface area (Å²) in [6.07, 6.45) is 6.01. The summed E-state index contributed by atoms with van der Waals surface area (Å²) in [6.45, 7) is 6.17. The van der Waals surface area contributed by atoms with Gasteiger partial charge in [-0.1, -0.05) is 35.4 Å². The number of allylic oxidation sites excluding steroid dienone is 4. The van der Waals surface area contributed by atoms with Gasteiger partial charge in [-0.2, -0.15) is 0 Å². The average molecular weight is 423 g/mol. The Labute approximate surface area is 183 Å². The SMILES string of the molecule is COc1ccc(C2CC(=O)c3c(cc(O)c(C/C=C(\C)CCC=C(C)C)c3O)O2)cc1. The normalized spacial score (nSPS) is 15.8. The van der Waals surface area contributed by atoms with Gasteiger partial charge >= 0.3 is 0 Å². The van der Waals surface area contributed by atoms with Crippen LogP contribution in [0.1, 0.15) is 67.6 Å². The Bertz CT molecular complexity index is 1010. The van der Waals surface area contributed by atoms with Crippen molar-refractivity contribution in [3.05, 3.63) is 70.3 Å². The number of carbonyl (C=O) groups excluding carboxylic acids is 1. The molecule has 2 N–H and O–H groups in total. The molecule has 0 spiro atoms. The van der Waals surface area contributed by atoms with Gasteiger partial charge in [-0.25, -0.2) is 0 Å². The Balaban J connectivity index is 1.81. The van der Waals surface area contributed by atoms with Gasteiger partial charge in [0.25, 0.3) is 0 Å². The highest BCUT2D eigenvalue weighted by Crippen LogP contribution is 2.44. The lowest BCUT2D eigenvalue weighted by molar-refractivity contribution is 0.0844. The van der Waals surface area contributed by atoms with E-state index in [4.69, 9.17) is 9.47 Å². The third kappa shape index (κ3) is 5.29. The van der Waals surface area contributed by atoms with Crippen LogP contribution in [-0.4, -0.2) is 23.1 Å². The summed E-state index contributed by atoms with van der Waals surface area (Å²) < 4.78 is 11.1. The molecule has 5 heteroatoms. The number of benzene rings is 2. The van der Waals surface area contributed by atoms with Crippen molar-refractivity contribution in [1.82, 2.24) is 0 Å². The topological polar surface area (TPSA) is 76.0 Å². The summed E-state index contributed by atoms with van der Waals surface area (Å²) in [5, 5.41) is 21.3. The number of rotatable bonds is 7. The minimum atomic E-state index is -0.479. The fourth-order valence-electron chi connectivity index (χ4n) is 3.67. The van der Waals surface area contributed by atoms with Gasteiger partial charge < -0.3 is 19.7 Å². The molecule has 1 heterocycles. The van der Waals surface area contributed by atoms with Crippen LogP contribution >= 0.6 is 0 Å². The molecular weight excluding hydrogens is 392 g/mol. The zero-order valence-electron chi connectivity index (χ0n) is 18.6. The summed E-state index contributed by atoms with van der Waals surface area (Å²) in [6, 6.07) is 8.74. The number of ether oxygens (including phenoxy) is 2. The predicted octanol–water partition coefficient (Wildman–Crippen LogP) is 6.05. The maximum atomic E-state index is 12.9. The van der Waals surface area contributed by atoms with E-state index < -0.39 is 6.10 Å². The quantitative estimate of drug-likeness (QED) is 0.531. The Hall–Kier alpha value is -3.21. The van der Waals surface area contributed by atoms with E-state index >= 15 is 0 Å². The molecule has 0 bridgehead atoms. The molecule has 164 valence electrons. The molecule has 0 aromatic heterocycles. The van der Waals surface area contributed by atoms with Crippen LogP contribution in [0.4, 0.5) is 0 Å². The Kier molecular flexibility index (Phi) is 7.06. The average Bonchev–Trinajstić information content (AvgIpc) is 2.72. The smallest absolute Gasteiger partial charge is 0.174 e. The van der Waals surface area contributed by atoms with Crippen LogP contribution in [0.15, 0.2) is 53.6 Å². The summed E-state index contributed by atoms with van der Waals surface area (Å²) >= 11 is 0. The number of hydrogen-bond acceptors (Lipinski definition) is 5. The Morgan fingerprint density at radius 3 is 2.52 bits per heavy atom. The second-order valence-corrected chi connectivity index (χ2v) is 8.18. The molecule has 31 heavy (non-hydrogen) atoms. The second kappa shape index (κ2) is 9.73. The fraction of sp³-hybridized carbons (Fsp3) is 0.346. The summed E-state index contributed by atoms with van der Waals surface area (Å²) in [4.78, 5) is 12.9. The van der Waals surface area contributed by atoms with E-state index in [1.54, 1.807) is 7.11 Å². The van der Waals surface area contributed by atoms with Crippen LogP contribution in [0.2, 0.25) is 0 Å². The largest absolute Gasteiger partial charge is 0.507 e. The van der Waals surface area contributed by atoms with Crippen molar-refractivity contribution in [2.45, 2.75) is 52.6 Å². The molecule has 0 fully saturated rings. The molecule has 3 rings (SSSR count). The molecule has 5 nitrogen and oxygen atoms in total. The number of aromatic hydroxyl groups is 2. The van der Waals surface area contributed by atoms with E-state index in [0.29, 0.717) is 12.0 Å². The van der Waals surface area contributed by atoms with Crippen LogP contribution in [0.25, 0.3) is 0 Å². The number of phenolic OH excluding ortho intramolecular Hbond substituents is 2. The van der Waals surface area contributed by atoms with Crippen molar-refractivity contribution in [2.75, 3.05) is 7.11 Å². The van der Waals surface area contributed by atoms with Crippen molar-refractivity contribution in [3.63, 3.8) is 0 Å². The molecule has 0 saturated heterocycles. The molecule has 0 saturated carbocycles. The van der Waals surface area contributed by atoms with Gasteiger partial charge in [0.05, 0.1) is 13.5 Å². The van der Waals surface area contributed by atoms with Gasteiger partial charge in [-0.05, 0) is 57.7 Å². The van der Waals surface area contributed by atoms with Crippen molar-refractivity contribution in [3.8, 4) is 23.0 Å². The molecule has 1 atom stereocenters. The first-order chi connectivity index (χ1) is 14.8. The van der Waals surface area contributed by atoms with E-state index in [1.807, 2.05) is 37.3 Å². The first-order valence-electron chi connectivity index (χ1n) is 10.5. The molecule has 0 radical (unpaired) electrons. The van der Waals surface area contributed by atoms with Crippen LogP contribution < -0.4 is 9.47 Å². The van der Waals surface area contributed by atoms with Crippen LogP contribution in [0.3, 0.4) is 0 Å². The maximum absolute atomic E-state index is 12.9. The lowest BCUT2D eigenvalue weighted by atomic mass is 9.92. The number of Topliss-reactive ketones (excluding diaryl/α,β-unsaturated/α-hetero) is 1. The molecule has 2 aromatic rings. The summed E-state index contributed by atoms with van der Waals surface area (Å²) in [5.41, 5.74) is 3.77. The van der Waals surface area contributed by atoms with Crippen molar-refractivity contribution < 1.29 is 24.5 Å². The predicted molar refractivity (Wildman–Crippen MR) is 121 cm³/mol. The number of methoxy groups -OCH3 is 1. The van der Waals surface area contributed by atoms with Gasteiger partial charge in [0.2, 0.25) is 0 Å². The summed E-state index contributed by atoms with van der Waals surface area (Å²) in [7, 11) is 1.59. The third-order valence-corrected chi connectivity index (χ3v) is 5.50. The molecular formula is C26H30O5. The molecule has 2 aromatic carbocycles. The highest BCUT2D eigenvalue weighted by Gasteiger charge is 2.32. The van der Waals surface area contributed by atoms with Gasteiger partial charge in [0.15, 0.2) is 5.78 Å². The minimum absolute atomic E-state index is 0.0761. The first-order valence-corrected chi connectivity index (χ1v) is 10.5. The standard InChI is InChI=1S/C26H30O5/c1-16(2)6-5-7-17(3)8-13-20-21(27)14-24-25(26(20)29)22(28)15-23(31-24)18-9-11-19(30-4)12-10-18/h6,8-12,14,23,27,29H,5,7,13,15H2,1-4H3/b17-8+. The zero-order chi connectivity index (χ0) is 22.5. The van der Waals surface area contributed by atoms with E-state index in [2.05, 4.69) is 19.9 Å². The van der Waals surface area contributed by atoms with Crippen molar-refractivity contribution in [2.24, 2.45) is 0 Å². The summed E-state index contributed by atoms with van der Waals surface area (Å²) in [5.74, 6) is 0.454. The van der Waals surface area contributed by atoms with Crippen molar-refractivity contribution in [1.29, 1.82) is 0 Å². The molecule has 1 unspecified atom stereocenters. The van der Waals surface area contributed by atoms with Gasteiger partial charge in [0, 0.05) is 11.6 Å². The molecule has 1 aliphatic rings.